The SMILES string of the molecule is COC1CCCCC(CNC(=O)c2ccc(Br)cc2)C1N1CCCC1. The minimum absolute atomic E-state index is 0.0193. The van der Waals surface area contributed by atoms with Gasteiger partial charge in [0, 0.05) is 29.7 Å². The Morgan fingerprint density at radius 3 is 2.52 bits per heavy atom. The zero-order chi connectivity index (χ0) is 17.6. The van der Waals surface area contributed by atoms with Crippen LogP contribution in [0.2, 0.25) is 0 Å². The van der Waals surface area contributed by atoms with Crippen molar-refractivity contribution in [1.82, 2.24) is 10.2 Å². The molecule has 1 saturated carbocycles. The minimum Gasteiger partial charge on any atom is -0.380 e. The van der Waals surface area contributed by atoms with Crippen molar-refractivity contribution in [2.75, 3.05) is 26.7 Å². The minimum atomic E-state index is 0.0193. The van der Waals surface area contributed by atoms with Crippen molar-refractivity contribution in [3.63, 3.8) is 0 Å². The molecule has 1 saturated heterocycles. The van der Waals surface area contributed by atoms with E-state index in [2.05, 4.69) is 26.1 Å². The molecule has 0 radical (unpaired) electrons. The summed E-state index contributed by atoms with van der Waals surface area (Å²) >= 11 is 3.41. The van der Waals surface area contributed by atoms with E-state index in [9.17, 15) is 4.79 Å². The molecule has 1 aromatic carbocycles. The Kier molecular flexibility index (Phi) is 6.91. The predicted octanol–water partition coefficient (Wildman–Crippen LogP) is 3.85. The number of benzene rings is 1. The Labute approximate surface area is 159 Å². The van der Waals surface area contributed by atoms with Crippen LogP contribution in [0.15, 0.2) is 28.7 Å². The van der Waals surface area contributed by atoms with Crippen LogP contribution >= 0.6 is 15.9 Å². The second-order valence-electron chi connectivity index (χ2n) is 7.27. The summed E-state index contributed by atoms with van der Waals surface area (Å²) in [5.41, 5.74) is 0.720. The van der Waals surface area contributed by atoms with Crippen molar-refractivity contribution >= 4 is 21.8 Å². The molecule has 3 rings (SSSR count). The Balaban J connectivity index is 1.66. The van der Waals surface area contributed by atoms with Crippen molar-refractivity contribution < 1.29 is 9.53 Å². The second kappa shape index (κ2) is 9.15. The fraction of sp³-hybridized carbons (Fsp3) is 0.650. The van der Waals surface area contributed by atoms with E-state index in [1.54, 1.807) is 0 Å². The number of carbonyl (C=O) groups is 1. The summed E-state index contributed by atoms with van der Waals surface area (Å²) in [5, 5.41) is 3.18. The van der Waals surface area contributed by atoms with Gasteiger partial charge in [-0.1, -0.05) is 28.8 Å². The largest absolute Gasteiger partial charge is 0.380 e. The van der Waals surface area contributed by atoms with Crippen LogP contribution in [0.1, 0.15) is 48.9 Å². The van der Waals surface area contributed by atoms with E-state index in [0.717, 1.165) is 23.0 Å². The first-order valence-electron chi connectivity index (χ1n) is 9.49. The average Bonchev–Trinajstić information content (AvgIpc) is 3.07. The van der Waals surface area contributed by atoms with Gasteiger partial charge in [0.1, 0.15) is 0 Å². The molecule has 1 aliphatic heterocycles. The van der Waals surface area contributed by atoms with Gasteiger partial charge in [-0.3, -0.25) is 9.69 Å². The third kappa shape index (κ3) is 4.83. The highest BCUT2D eigenvalue weighted by molar-refractivity contribution is 9.10. The van der Waals surface area contributed by atoms with Gasteiger partial charge in [0.25, 0.3) is 5.91 Å². The quantitative estimate of drug-likeness (QED) is 0.752. The molecule has 0 aromatic heterocycles. The topological polar surface area (TPSA) is 41.6 Å². The standard InChI is InChI=1S/C20H29BrN2O2/c1-25-18-7-3-2-6-16(19(18)23-12-4-5-13-23)14-22-20(24)15-8-10-17(21)11-9-15/h8-11,16,18-19H,2-7,12-14H2,1H3,(H,22,24). The fourth-order valence-corrected chi connectivity index (χ4v) is 4.64. The molecule has 1 heterocycles. The van der Waals surface area contributed by atoms with E-state index in [-0.39, 0.29) is 12.0 Å². The summed E-state index contributed by atoms with van der Waals surface area (Å²) in [7, 11) is 1.84. The van der Waals surface area contributed by atoms with E-state index in [4.69, 9.17) is 4.74 Å². The number of ether oxygens (including phenoxy) is 1. The van der Waals surface area contributed by atoms with Gasteiger partial charge in [0.15, 0.2) is 0 Å². The summed E-state index contributed by atoms with van der Waals surface area (Å²) in [6.07, 6.45) is 7.60. The summed E-state index contributed by atoms with van der Waals surface area (Å²) in [4.78, 5) is 15.1. The van der Waals surface area contributed by atoms with E-state index in [1.165, 1.54) is 45.2 Å². The van der Waals surface area contributed by atoms with Gasteiger partial charge < -0.3 is 10.1 Å². The lowest BCUT2D eigenvalue weighted by Gasteiger charge is -2.38. The number of hydrogen-bond donors (Lipinski definition) is 1. The van der Waals surface area contributed by atoms with E-state index in [0.29, 0.717) is 12.0 Å². The maximum atomic E-state index is 12.5. The molecular weight excluding hydrogens is 380 g/mol. The van der Waals surface area contributed by atoms with Crippen molar-refractivity contribution in [1.29, 1.82) is 0 Å². The molecule has 0 bridgehead atoms. The molecule has 1 aromatic rings. The maximum Gasteiger partial charge on any atom is 0.251 e. The molecular formula is C20H29BrN2O2. The lowest BCUT2D eigenvalue weighted by molar-refractivity contribution is -0.00251. The summed E-state index contributed by atoms with van der Waals surface area (Å²) in [5.74, 6) is 0.482. The molecule has 0 spiro atoms. The Hall–Kier alpha value is -0.910. The molecule has 1 aliphatic carbocycles. The lowest BCUT2D eigenvalue weighted by Crippen LogP contribution is -2.50. The number of halogens is 1. The van der Waals surface area contributed by atoms with Gasteiger partial charge in [-0.15, -0.1) is 0 Å². The Bertz CT molecular complexity index is 557. The Morgan fingerprint density at radius 2 is 1.84 bits per heavy atom. The zero-order valence-corrected chi connectivity index (χ0v) is 16.6. The lowest BCUT2D eigenvalue weighted by atomic mass is 9.91. The first-order valence-corrected chi connectivity index (χ1v) is 10.3. The number of hydrogen-bond acceptors (Lipinski definition) is 3. The van der Waals surface area contributed by atoms with Crippen LogP contribution in [0, 0.1) is 5.92 Å². The highest BCUT2D eigenvalue weighted by atomic mass is 79.9. The molecule has 138 valence electrons. The first kappa shape index (κ1) is 18.9. The highest BCUT2D eigenvalue weighted by Gasteiger charge is 2.37. The molecule has 4 nitrogen and oxygen atoms in total. The van der Waals surface area contributed by atoms with Crippen LogP contribution in [-0.2, 0) is 4.74 Å². The predicted molar refractivity (Wildman–Crippen MR) is 104 cm³/mol. The first-order chi connectivity index (χ1) is 12.2. The van der Waals surface area contributed by atoms with Crippen molar-refractivity contribution in [2.45, 2.75) is 50.7 Å². The van der Waals surface area contributed by atoms with Gasteiger partial charge in [0.2, 0.25) is 0 Å². The van der Waals surface area contributed by atoms with Crippen molar-refractivity contribution in [2.24, 2.45) is 5.92 Å². The maximum absolute atomic E-state index is 12.5. The van der Waals surface area contributed by atoms with Crippen LogP contribution in [0.3, 0.4) is 0 Å². The third-order valence-corrected chi connectivity index (χ3v) is 6.20. The number of rotatable bonds is 5. The number of carbonyl (C=O) groups excluding carboxylic acids is 1. The molecule has 25 heavy (non-hydrogen) atoms. The van der Waals surface area contributed by atoms with E-state index < -0.39 is 0 Å². The number of nitrogens with zero attached hydrogens (tertiary/aromatic N) is 1. The molecule has 3 unspecified atom stereocenters. The zero-order valence-electron chi connectivity index (χ0n) is 15.0. The normalized spacial score (nSPS) is 27.8. The van der Waals surface area contributed by atoms with Crippen molar-refractivity contribution in [3.8, 4) is 0 Å². The smallest absolute Gasteiger partial charge is 0.251 e. The van der Waals surface area contributed by atoms with Gasteiger partial charge in [-0.05, 0) is 69.0 Å². The van der Waals surface area contributed by atoms with Crippen molar-refractivity contribution in [3.05, 3.63) is 34.3 Å². The molecule has 2 fully saturated rings. The number of nitrogens with one attached hydrogen (secondary N) is 1. The molecule has 1 N–H and O–H groups in total. The monoisotopic (exact) mass is 408 g/mol. The average molecular weight is 409 g/mol. The van der Waals surface area contributed by atoms with Gasteiger partial charge in [-0.2, -0.15) is 0 Å². The van der Waals surface area contributed by atoms with Crippen LogP contribution in [-0.4, -0.2) is 49.7 Å². The van der Waals surface area contributed by atoms with Crippen LogP contribution in [0.5, 0.6) is 0 Å². The summed E-state index contributed by atoms with van der Waals surface area (Å²) < 4.78 is 6.86. The third-order valence-electron chi connectivity index (χ3n) is 5.67. The Morgan fingerprint density at radius 1 is 1.16 bits per heavy atom. The number of amides is 1. The second-order valence-corrected chi connectivity index (χ2v) is 8.18. The summed E-state index contributed by atoms with van der Waals surface area (Å²) in [6.45, 7) is 3.07. The van der Waals surface area contributed by atoms with Crippen LogP contribution < -0.4 is 5.32 Å². The molecule has 2 aliphatic rings. The highest BCUT2D eigenvalue weighted by Crippen LogP contribution is 2.31. The molecule has 1 amide bonds. The van der Waals surface area contributed by atoms with Crippen LogP contribution in [0.25, 0.3) is 0 Å². The fourth-order valence-electron chi connectivity index (χ4n) is 4.38. The number of likely N-dealkylation sites (tertiary alicyclic amines) is 1. The van der Waals surface area contributed by atoms with Gasteiger partial charge >= 0.3 is 0 Å². The molecule has 3 atom stereocenters. The van der Waals surface area contributed by atoms with Gasteiger partial charge in [0.05, 0.1) is 6.10 Å². The van der Waals surface area contributed by atoms with Crippen LogP contribution in [0.4, 0.5) is 0 Å². The van der Waals surface area contributed by atoms with Gasteiger partial charge in [-0.25, -0.2) is 0 Å². The number of methoxy groups -OCH3 is 1. The van der Waals surface area contributed by atoms with E-state index in [1.807, 2.05) is 31.4 Å². The molecule has 5 heteroatoms. The van der Waals surface area contributed by atoms with E-state index >= 15 is 0 Å². The summed E-state index contributed by atoms with van der Waals surface area (Å²) in [6, 6.07) is 7.98.